The smallest absolute Gasteiger partial charge is 0.319 e. The number of benzene rings is 2. The Balaban J connectivity index is 1.41. The topological polar surface area (TPSA) is 62.8 Å². The molecule has 1 atom stereocenters. The van der Waals surface area contributed by atoms with E-state index < -0.39 is 0 Å². The van der Waals surface area contributed by atoms with E-state index in [9.17, 15) is 4.79 Å². The normalized spacial score (nSPS) is 16.7. The molecule has 27 heavy (non-hydrogen) atoms. The summed E-state index contributed by atoms with van der Waals surface area (Å²) in [5, 5.41) is 5.74. The fraction of sp³-hybridized carbons (Fsp3) is 0.381. The highest BCUT2D eigenvalue weighted by Gasteiger charge is 2.23. The molecule has 0 saturated carbocycles. The standard InChI is InChI=1S/C21H27N3O3/c1-26-19-9-8-18(14-20(19)27-2)23-21(25)22-11-13-24-12-10-17(15-24)16-6-4-3-5-7-16/h3-9,14,17H,10-13,15H2,1-2H3,(H2,22,23,25)/t17-/m1/s1. The molecule has 144 valence electrons. The van der Waals surface area contributed by atoms with E-state index in [1.807, 2.05) is 0 Å². The van der Waals surface area contributed by atoms with Crippen molar-refractivity contribution in [2.75, 3.05) is 45.7 Å². The summed E-state index contributed by atoms with van der Waals surface area (Å²) in [6, 6.07) is 15.7. The second-order valence-electron chi connectivity index (χ2n) is 6.65. The second-order valence-corrected chi connectivity index (χ2v) is 6.65. The molecule has 2 N–H and O–H groups in total. The summed E-state index contributed by atoms with van der Waals surface area (Å²) in [6.07, 6.45) is 1.17. The van der Waals surface area contributed by atoms with Crippen molar-refractivity contribution in [2.45, 2.75) is 12.3 Å². The number of hydrogen-bond donors (Lipinski definition) is 2. The third-order valence-corrected chi connectivity index (χ3v) is 4.90. The Morgan fingerprint density at radius 2 is 1.89 bits per heavy atom. The minimum absolute atomic E-state index is 0.221. The first-order valence-corrected chi connectivity index (χ1v) is 9.23. The van der Waals surface area contributed by atoms with Crippen molar-refractivity contribution in [3.8, 4) is 11.5 Å². The SMILES string of the molecule is COc1ccc(NC(=O)NCCN2CC[C@@H](c3ccccc3)C2)cc1OC. The summed E-state index contributed by atoms with van der Waals surface area (Å²) >= 11 is 0. The van der Waals surface area contributed by atoms with Crippen molar-refractivity contribution in [1.82, 2.24) is 10.2 Å². The number of hydrogen-bond acceptors (Lipinski definition) is 4. The fourth-order valence-electron chi connectivity index (χ4n) is 3.45. The molecule has 1 heterocycles. The van der Waals surface area contributed by atoms with Gasteiger partial charge < -0.3 is 25.0 Å². The highest BCUT2D eigenvalue weighted by atomic mass is 16.5. The van der Waals surface area contributed by atoms with E-state index in [0.29, 0.717) is 29.6 Å². The predicted octanol–water partition coefficient (Wildman–Crippen LogP) is 3.31. The molecule has 3 rings (SSSR count). The highest BCUT2D eigenvalue weighted by Crippen LogP contribution is 2.29. The zero-order chi connectivity index (χ0) is 19.1. The third-order valence-electron chi connectivity index (χ3n) is 4.90. The first-order valence-electron chi connectivity index (χ1n) is 9.23. The quantitative estimate of drug-likeness (QED) is 0.786. The molecule has 2 aromatic carbocycles. The van der Waals surface area contributed by atoms with Crippen molar-refractivity contribution in [1.29, 1.82) is 0 Å². The zero-order valence-corrected chi connectivity index (χ0v) is 15.9. The first-order chi connectivity index (χ1) is 13.2. The van der Waals surface area contributed by atoms with Gasteiger partial charge in [0.25, 0.3) is 0 Å². The van der Waals surface area contributed by atoms with Gasteiger partial charge in [-0.15, -0.1) is 0 Å². The van der Waals surface area contributed by atoms with Crippen molar-refractivity contribution in [2.24, 2.45) is 0 Å². The minimum Gasteiger partial charge on any atom is -0.493 e. The van der Waals surface area contributed by atoms with Gasteiger partial charge in [0.1, 0.15) is 0 Å². The van der Waals surface area contributed by atoms with Crippen LogP contribution in [0.15, 0.2) is 48.5 Å². The number of amides is 2. The molecule has 0 unspecified atom stereocenters. The number of ether oxygens (including phenoxy) is 2. The van der Waals surface area contributed by atoms with E-state index in [-0.39, 0.29) is 6.03 Å². The van der Waals surface area contributed by atoms with Crippen LogP contribution in [0.5, 0.6) is 11.5 Å². The van der Waals surface area contributed by atoms with Gasteiger partial charge in [0.2, 0.25) is 0 Å². The number of carbonyl (C=O) groups is 1. The number of nitrogens with one attached hydrogen (secondary N) is 2. The van der Waals surface area contributed by atoms with Gasteiger partial charge >= 0.3 is 6.03 Å². The van der Waals surface area contributed by atoms with Crippen LogP contribution in [0, 0.1) is 0 Å². The fourth-order valence-corrected chi connectivity index (χ4v) is 3.45. The summed E-state index contributed by atoms with van der Waals surface area (Å²) in [7, 11) is 3.15. The molecule has 0 bridgehead atoms. The maximum absolute atomic E-state index is 12.1. The van der Waals surface area contributed by atoms with Gasteiger partial charge in [0.15, 0.2) is 11.5 Å². The van der Waals surface area contributed by atoms with E-state index in [1.54, 1.807) is 32.4 Å². The number of anilines is 1. The monoisotopic (exact) mass is 369 g/mol. The predicted molar refractivity (Wildman–Crippen MR) is 107 cm³/mol. The number of rotatable bonds is 7. The van der Waals surface area contributed by atoms with Gasteiger partial charge in [-0.05, 0) is 36.6 Å². The molecule has 1 aliphatic heterocycles. The Morgan fingerprint density at radius 1 is 1.11 bits per heavy atom. The molecule has 1 saturated heterocycles. The van der Waals surface area contributed by atoms with Crippen LogP contribution in [0.25, 0.3) is 0 Å². The van der Waals surface area contributed by atoms with Gasteiger partial charge in [0, 0.05) is 31.4 Å². The molecule has 1 fully saturated rings. The molecule has 6 nitrogen and oxygen atoms in total. The van der Waals surface area contributed by atoms with Crippen LogP contribution in [-0.2, 0) is 0 Å². The molecule has 0 aliphatic carbocycles. The number of likely N-dealkylation sites (tertiary alicyclic amines) is 1. The highest BCUT2D eigenvalue weighted by molar-refractivity contribution is 5.89. The largest absolute Gasteiger partial charge is 0.493 e. The number of urea groups is 1. The molecule has 0 spiro atoms. The van der Waals surface area contributed by atoms with E-state index in [1.165, 1.54) is 12.0 Å². The second kappa shape index (κ2) is 9.28. The molecule has 0 aromatic heterocycles. The summed E-state index contributed by atoms with van der Waals surface area (Å²) in [5.41, 5.74) is 2.06. The van der Waals surface area contributed by atoms with E-state index in [2.05, 4.69) is 45.9 Å². The molecule has 1 aliphatic rings. The molecular formula is C21H27N3O3. The first kappa shape index (κ1) is 19.0. The Labute approximate surface area is 160 Å². The minimum atomic E-state index is -0.221. The van der Waals surface area contributed by atoms with Crippen LogP contribution in [0.4, 0.5) is 10.5 Å². The zero-order valence-electron chi connectivity index (χ0n) is 15.9. The van der Waals surface area contributed by atoms with Crippen molar-refractivity contribution >= 4 is 11.7 Å². The van der Waals surface area contributed by atoms with Crippen LogP contribution >= 0.6 is 0 Å². The van der Waals surface area contributed by atoms with E-state index in [0.717, 1.165) is 19.6 Å². The van der Waals surface area contributed by atoms with E-state index >= 15 is 0 Å². The van der Waals surface area contributed by atoms with Gasteiger partial charge in [0.05, 0.1) is 14.2 Å². The van der Waals surface area contributed by atoms with E-state index in [4.69, 9.17) is 9.47 Å². The molecule has 2 aromatic rings. The van der Waals surface area contributed by atoms with Gasteiger partial charge in [-0.1, -0.05) is 30.3 Å². The number of carbonyl (C=O) groups excluding carboxylic acids is 1. The van der Waals surface area contributed by atoms with Crippen molar-refractivity contribution < 1.29 is 14.3 Å². The van der Waals surface area contributed by atoms with Crippen molar-refractivity contribution in [3.05, 3.63) is 54.1 Å². The average molecular weight is 369 g/mol. The van der Waals surface area contributed by atoms with Crippen LogP contribution < -0.4 is 20.1 Å². The number of nitrogens with zero attached hydrogens (tertiary/aromatic N) is 1. The Hall–Kier alpha value is -2.73. The lowest BCUT2D eigenvalue weighted by Gasteiger charge is -2.17. The summed E-state index contributed by atoms with van der Waals surface area (Å²) < 4.78 is 10.5. The average Bonchev–Trinajstić information content (AvgIpc) is 3.17. The summed E-state index contributed by atoms with van der Waals surface area (Å²) in [4.78, 5) is 14.5. The lowest BCUT2D eigenvalue weighted by atomic mass is 9.99. The maximum atomic E-state index is 12.1. The molecule has 0 radical (unpaired) electrons. The third kappa shape index (κ3) is 5.14. The van der Waals surface area contributed by atoms with Crippen molar-refractivity contribution in [3.63, 3.8) is 0 Å². The number of methoxy groups -OCH3 is 2. The van der Waals surface area contributed by atoms with Crippen LogP contribution in [0.3, 0.4) is 0 Å². The lowest BCUT2D eigenvalue weighted by molar-refractivity contribution is 0.249. The summed E-state index contributed by atoms with van der Waals surface area (Å²) in [5.74, 6) is 1.80. The Bertz CT molecular complexity index is 752. The van der Waals surface area contributed by atoms with Crippen LogP contribution in [0.1, 0.15) is 17.9 Å². The lowest BCUT2D eigenvalue weighted by Crippen LogP contribution is -2.36. The molecule has 6 heteroatoms. The van der Waals surface area contributed by atoms with Gasteiger partial charge in [-0.3, -0.25) is 0 Å². The van der Waals surface area contributed by atoms with Gasteiger partial charge in [-0.2, -0.15) is 0 Å². The van der Waals surface area contributed by atoms with Gasteiger partial charge in [-0.25, -0.2) is 4.79 Å². The summed E-state index contributed by atoms with van der Waals surface area (Å²) in [6.45, 7) is 3.57. The molecule has 2 amide bonds. The molecular weight excluding hydrogens is 342 g/mol. The Kier molecular flexibility index (Phi) is 6.54. The van der Waals surface area contributed by atoms with Crippen LogP contribution in [0.2, 0.25) is 0 Å². The maximum Gasteiger partial charge on any atom is 0.319 e. The Morgan fingerprint density at radius 3 is 2.63 bits per heavy atom. The van der Waals surface area contributed by atoms with Crippen LogP contribution in [-0.4, -0.2) is 51.3 Å².